The number of carbonyl (C=O) groups is 1. The van der Waals surface area contributed by atoms with Crippen LogP contribution in [-0.2, 0) is 4.74 Å². The van der Waals surface area contributed by atoms with Crippen molar-refractivity contribution in [2.75, 3.05) is 13.2 Å². The Morgan fingerprint density at radius 1 is 1.23 bits per heavy atom. The molecule has 6 heteroatoms. The second-order valence-corrected chi connectivity index (χ2v) is 12.4. The molecule has 0 aromatic rings. The summed E-state index contributed by atoms with van der Waals surface area (Å²) in [7, 11) is -0.359. The van der Waals surface area contributed by atoms with Crippen LogP contribution in [0.25, 0.3) is 0 Å². The van der Waals surface area contributed by atoms with Gasteiger partial charge in [0.1, 0.15) is 5.60 Å². The van der Waals surface area contributed by atoms with Crippen LogP contribution in [0.1, 0.15) is 48.0 Å². The van der Waals surface area contributed by atoms with E-state index < -0.39 is 17.8 Å². The first-order chi connectivity index (χ1) is 9.77. The Labute approximate surface area is 137 Å². The molecule has 1 fully saturated rings. The summed E-state index contributed by atoms with van der Waals surface area (Å²) in [6, 6.07) is -0.324. The van der Waals surface area contributed by atoms with Gasteiger partial charge in [-0.1, -0.05) is 33.9 Å². The maximum Gasteiger partial charge on any atom is 0.410 e. The fraction of sp³-hybridized carbons (Fsp3) is 0.938. The third kappa shape index (κ3) is 8.15. The second kappa shape index (κ2) is 8.31. The molecule has 0 saturated carbocycles. The molecule has 0 bridgehead atoms. The van der Waals surface area contributed by atoms with E-state index in [9.17, 15) is 9.90 Å². The zero-order valence-electron chi connectivity index (χ0n) is 15.5. The summed E-state index contributed by atoms with van der Waals surface area (Å²) in [4.78, 5) is 13.0. The van der Waals surface area contributed by atoms with Gasteiger partial charge in [0.05, 0.1) is 25.3 Å². The van der Waals surface area contributed by atoms with Gasteiger partial charge < -0.3 is 19.8 Å². The van der Waals surface area contributed by atoms with Crippen molar-refractivity contribution in [2.45, 2.75) is 83.8 Å². The van der Waals surface area contributed by atoms with Crippen molar-refractivity contribution in [1.29, 1.82) is 0 Å². The van der Waals surface area contributed by atoms with E-state index in [1.165, 1.54) is 4.90 Å². The molecule has 1 heterocycles. The fourth-order valence-corrected chi connectivity index (χ4v) is 1.61. The van der Waals surface area contributed by atoms with Crippen LogP contribution in [0.2, 0.25) is 18.1 Å². The van der Waals surface area contributed by atoms with E-state index in [4.69, 9.17) is 9.84 Å². The summed E-state index contributed by atoms with van der Waals surface area (Å²) in [5, 5.41) is 19.1. The van der Waals surface area contributed by atoms with Crippen molar-refractivity contribution in [2.24, 2.45) is 0 Å². The summed E-state index contributed by atoms with van der Waals surface area (Å²) in [5.41, 5.74) is -0.551. The Kier molecular flexibility index (Phi) is 8.09. The molecule has 5 nitrogen and oxygen atoms in total. The molecule has 0 aromatic carbocycles. The first kappa shape index (κ1) is 21.4. The molecule has 0 aliphatic carbocycles. The number of ether oxygens (including phenoxy) is 1. The number of aliphatic hydroxyl groups is 2. The molecule has 1 aliphatic rings. The number of amides is 1. The van der Waals surface area contributed by atoms with Crippen LogP contribution in [0, 0.1) is 0 Å². The molecule has 0 radical (unpaired) electrons. The SMILES string of the molecule is CC(C)(C)OC(=O)N1C[C@H](O)C[C@H]1CO.C[SiH](C)C(C)(C)C. The highest BCUT2D eigenvalue weighted by molar-refractivity contribution is 6.59. The summed E-state index contributed by atoms with van der Waals surface area (Å²) < 4.78 is 5.17. The predicted octanol–water partition coefficient (Wildman–Crippen LogP) is 2.62. The predicted molar refractivity (Wildman–Crippen MR) is 93.0 cm³/mol. The van der Waals surface area contributed by atoms with E-state index in [1.54, 1.807) is 20.8 Å². The average Bonchev–Trinajstić information content (AvgIpc) is 2.68. The van der Waals surface area contributed by atoms with Crippen molar-refractivity contribution in [3.8, 4) is 0 Å². The van der Waals surface area contributed by atoms with E-state index in [2.05, 4.69) is 33.9 Å². The highest BCUT2D eigenvalue weighted by atomic mass is 28.3. The highest BCUT2D eigenvalue weighted by Gasteiger charge is 2.36. The number of hydrogen-bond acceptors (Lipinski definition) is 4. The third-order valence-corrected chi connectivity index (χ3v) is 7.43. The van der Waals surface area contributed by atoms with Crippen LogP contribution in [-0.4, -0.2) is 60.9 Å². The van der Waals surface area contributed by atoms with E-state index in [1.807, 2.05) is 0 Å². The van der Waals surface area contributed by atoms with E-state index in [0.717, 1.165) is 0 Å². The smallest absolute Gasteiger partial charge is 0.410 e. The minimum Gasteiger partial charge on any atom is -0.444 e. The number of aliphatic hydroxyl groups excluding tert-OH is 2. The maximum atomic E-state index is 11.7. The van der Waals surface area contributed by atoms with Gasteiger partial charge in [-0.05, 0) is 32.2 Å². The molecule has 0 aromatic heterocycles. The van der Waals surface area contributed by atoms with Gasteiger partial charge in [0.25, 0.3) is 0 Å². The van der Waals surface area contributed by atoms with Crippen LogP contribution >= 0.6 is 0 Å². The number of rotatable bonds is 1. The van der Waals surface area contributed by atoms with Gasteiger partial charge in [0.2, 0.25) is 0 Å². The Morgan fingerprint density at radius 3 is 2.00 bits per heavy atom. The monoisotopic (exact) mass is 333 g/mol. The molecule has 1 saturated heterocycles. The molecule has 0 unspecified atom stereocenters. The maximum absolute atomic E-state index is 11.7. The van der Waals surface area contributed by atoms with Gasteiger partial charge in [-0.25, -0.2) is 4.79 Å². The average molecular weight is 334 g/mol. The molecule has 22 heavy (non-hydrogen) atoms. The first-order valence-corrected chi connectivity index (χ1v) is 10.9. The number of β-amino-alcohol motifs (C(OH)–C–C–N with tert-alkyl or cyclic N) is 1. The number of likely N-dealkylation sites (tertiary alicyclic amines) is 1. The third-order valence-electron chi connectivity index (χ3n) is 3.96. The summed E-state index contributed by atoms with van der Waals surface area (Å²) >= 11 is 0. The number of nitrogens with zero attached hydrogens (tertiary/aromatic N) is 1. The molecule has 2 N–H and O–H groups in total. The zero-order chi connectivity index (χ0) is 17.7. The van der Waals surface area contributed by atoms with Crippen LogP contribution in [0.5, 0.6) is 0 Å². The lowest BCUT2D eigenvalue weighted by Crippen LogP contribution is -2.41. The molecule has 2 atom stereocenters. The van der Waals surface area contributed by atoms with Crippen LogP contribution in [0.15, 0.2) is 0 Å². The molecular formula is C16H35NO4Si. The summed E-state index contributed by atoms with van der Waals surface area (Å²) in [5.74, 6) is 0. The van der Waals surface area contributed by atoms with Gasteiger partial charge >= 0.3 is 6.09 Å². The van der Waals surface area contributed by atoms with Crippen molar-refractivity contribution in [1.82, 2.24) is 4.90 Å². The topological polar surface area (TPSA) is 70.0 Å². The van der Waals surface area contributed by atoms with Gasteiger partial charge in [-0.3, -0.25) is 0 Å². The quantitative estimate of drug-likeness (QED) is 0.724. The lowest BCUT2D eigenvalue weighted by atomic mass is 10.2. The van der Waals surface area contributed by atoms with Gasteiger partial charge in [-0.15, -0.1) is 0 Å². The molecule has 1 rings (SSSR count). The van der Waals surface area contributed by atoms with Gasteiger partial charge in [0, 0.05) is 8.80 Å². The Balaban J connectivity index is 0.000000534. The molecule has 132 valence electrons. The summed E-state index contributed by atoms with van der Waals surface area (Å²) in [6.45, 7) is 17.2. The lowest BCUT2D eigenvalue weighted by Gasteiger charge is -2.27. The Bertz CT molecular complexity index is 347. The highest BCUT2D eigenvalue weighted by Crippen LogP contribution is 2.25. The van der Waals surface area contributed by atoms with Crippen LogP contribution < -0.4 is 0 Å². The van der Waals surface area contributed by atoms with E-state index >= 15 is 0 Å². The van der Waals surface area contributed by atoms with Gasteiger partial charge in [-0.2, -0.15) is 0 Å². The van der Waals surface area contributed by atoms with Crippen molar-refractivity contribution in [3.63, 3.8) is 0 Å². The first-order valence-electron chi connectivity index (χ1n) is 8.06. The summed E-state index contributed by atoms with van der Waals surface area (Å²) in [6.07, 6.45) is -0.622. The van der Waals surface area contributed by atoms with Crippen molar-refractivity contribution >= 4 is 14.9 Å². The van der Waals surface area contributed by atoms with Crippen LogP contribution in [0.3, 0.4) is 0 Å². The standard InChI is InChI=1S/C10H19NO4.C6H16Si/c1-10(2,3)15-9(14)11-5-8(13)4-7(11)6-12;1-6(2,3)7(4)5/h7-8,12-13H,4-6H2,1-3H3;7H,1-5H3/t7-,8+;/m0./s1. The van der Waals surface area contributed by atoms with E-state index in [-0.39, 0.29) is 28.0 Å². The minimum absolute atomic E-state index is 0.143. The fourth-order valence-electron chi connectivity index (χ4n) is 1.61. The lowest BCUT2D eigenvalue weighted by molar-refractivity contribution is 0.0162. The Hall–Kier alpha value is -0.593. The molecule has 1 aliphatic heterocycles. The van der Waals surface area contributed by atoms with Crippen LogP contribution in [0.4, 0.5) is 4.79 Å². The normalized spacial score (nSPS) is 22.4. The largest absolute Gasteiger partial charge is 0.444 e. The van der Waals surface area contributed by atoms with Gasteiger partial charge in [0.15, 0.2) is 0 Å². The zero-order valence-corrected chi connectivity index (χ0v) is 16.7. The van der Waals surface area contributed by atoms with Crippen molar-refractivity contribution < 1.29 is 19.7 Å². The minimum atomic E-state index is -0.560. The molecular weight excluding hydrogens is 298 g/mol. The number of carbonyl (C=O) groups excluding carboxylic acids is 1. The van der Waals surface area contributed by atoms with Crippen molar-refractivity contribution in [3.05, 3.63) is 0 Å². The number of hydrogen-bond donors (Lipinski definition) is 2. The molecule has 1 amide bonds. The second-order valence-electron chi connectivity index (χ2n) is 8.38. The Morgan fingerprint density at radius 2 is 1.68 bits per heavy atom. The van der Waals surface area contributed by atoms with E-state index in [0.29, 0.717) is 11.5 Å². The molecule has 0 spiro atoms.